The Hall–Kier alpha value is -0.0800. The molecule has 0 saturated heterocycles. The fourth-order valence-corrected chi connectivity index (χ4v) is 1.75. The largest absolute Gasteiger partial charge is 0.379 e. The van der Waals surface area contributed by atoms with E-state index in [1.54, 1.807) is 0 Å². The molecule has 0 amide bonds. The lowest BCUT2D eigenvalue weighted by atomic mass is 10.1. The third kappa shape index (κ3) is 13.9. The van der Waals surface area contributed by atoms with Gasteiger partial charge in [0, 0.05) is 12.1 Å². The summed E-state index contributed by atoms with van der Waals surface area (Å²) in [4.78, 5) is 0. The second-order valence-electron chi connectivity index (χ2n) is 6.06. The average molecular weight is 243 g/mol. The van der Waals surface area contributed by atoms with Gasteiger partial charge in [-0.3, -0.25) is 0 Å². The summed E-state index contributed by atoms with van der Waals surface area (Å²) in [5.74, 6) is 0. The highest BCUT2D eigenvalue weighted by Crippen LogP contribution is 2.06. The Bertz CT molecular complexity index is 163. The highest BCUT2D eigenvalue weighted by molar-refractivity contribution is 4.69. The molecule has 0 saturated carbocycles. The Balaban J connectivity index is 3.26. The molecule has 0 aliphatic rings. The molecule has 104 valence electrons. The van der Waals surface area contributed by atoms with Crippen LogP contribution in [0.1, 0.15) is 73.1 Å². The van der Waals surface area contributed by atoms with Crippen LogP contribution >= 0.6 is 0 Å². The molecule has 2 heteroatoms. The van der Waals surface area contributed by atoms with Gasteiger partial charge in [-0.25, -0.2) is 0 Å². The molecule has 0 aliphatic heterocycles. The SMILES string of the molecule is CCCCCCOC(C)CCCNC(C)(C)C. The van der Waals surface area contributed by atoms with Crippen LogP contribution in [0.25, 0.3) is 0 Å². The molecule has 0 spiro atoms. The maximum Gasteiger partial charge on any atom is 0.0547 e. The van der Waals surface area contributed by atoms with E-state index in [0.29, 0.717) is 6.10 Å². The van der Waals surface area contributed by atoms with Gasteiger partial charge in [0.15, 0.2) is 0 Å². The van der Waals surface area contributed by atoms with Gasteiger partial charge in [-0.15, -0.1) is 0 Å². The number of nitrogens with one attached hydrogen (secondary N) is 1. The van der Waals surface area contributed by atoms with Gasteiger partial charge >= 0.3 is 0 Å². The van der Waals surface area contributed by atoms with Crippen LogP contribution in [0.5, 0.6) is 0 Å². The summed E-state index contributed by atoms with van der Waals surface area (Å²) < 4.78 is 5.79. The van der Waals surface area contributed by atoms with E-state index < -0.39 is 0 Å². The molecule has 0 bridgehead atoms. The Morgan fingerprint density at radius 3 is 2.35 bits per heavy atom. The standard InChI is InChI=1S/C15H33NO/c1-6-7-8-9-13-17-14(2)11-10-12-16-15(3,4)5/h14,16H,6-13H2,1-5H3. The number of rotatable bonds is 10. The summed E-state index contributed by atoms with van der Waals surface area (Å²) in [6.45, 7) is 13.1. The topological polar surface area (TPSA) is 21.3 Å². The summed E-state index contributed by atoms with van der Waals surface area (Å²) >= 11 is 0. The van der Waals surface area contributed by atoms with Crippen LogP contribution in [0.3, 0.4) is 0 Å². The molecule has 0 radical (unpaired) electrons. The van der Waals surface area contributed by atoms with Crippen molar-refractivity contribution < 1.29 is 4.74 Å². The third-order valence-electron chi connectivity index (χ3n) is 2.84. The first-order valence-electron chi connectivity index (χ1n) is 7.32. The fraction of sp³-hybridized carbons (Fsp3) is 1.00. The van der Waals surface area contributed by atoms with Crippen LogP contribution in [0, 0.1) is 0 Å². The van der Waals surface area contributed by atoms with Crippen molar-refractivity contribution in [2.75, 3.05) is 13.2 Å². The molecule has 0 rings (SSSR count). The van der Waals surface area contributed by atoms with Crippen LogP contribution in [-0.4, -0.2) is 24.8 Å². The summed E-state index contributed by atoms with van der Waals surface area (Å²) in [5.41, 5.74) is 0.240. The van der Waals surface area contributed by atoms with E-state index in [1.807, 2.05) is 0 Å². The van der Waals surface area contributed by atoms with E-state index in [0.717, 1.165) is 19.6 Å². The molecular weight excluding hydrogens is 210 g/mol. The Kier molecular flexibility index (Phi) is 9.85. The van der Waals surface area contributed by atoms with Crippen molar-refractivity contribution >= 4 is 0 Å². The number of unbranched alkanes of at least 4 members (excludes halogenated alkanes) is 3. The maximum atomic E-state index is 5.79. The number of ether oxygens (including phenoxy) is 1. The Labute approximate surface area is 109 Å². The molecule has 1 atom stereocenters. The van der Waals surface area contributed by atoms with E-state index in [-0.39, 0.29) is 5.54 Å². The van der Waals surface area contributed by atoms with Crippen molar-refractivity contribution in [2.45, 2.75) is 84.8 Å². The second-order valence-corrected chi connectivity index (χ2v) is 6.06. The van der Waals surface area contributed by atoms with Gasteiger partial charge in [-0.2, -0.15) is 0 Å². The molecular formula is C15H33NO. The van der Waals surface area contributed by atoms with E-state index in [1.165, 1.54) is 32.1 Å². The lowest BCUT2D eigenvalue weighted by Crippen LogP contribution is -2.36. The van der Waals surface area contributed by atoms with Crippen LogP contribution in [0.15, 0.2) is 0 Å². The zero-order valence-corrected chi connectivity index (χ0v) is 12.6. The summed E-state index contributed by atoms with van der Waals surface area (Å²) in [5, 5.41) is 3.51. The van der Waals surface area contributed by atoms with Crippen molar-refractivity contribution in [3.8, 4) is 0 Å². The average Bonchev–Trinajstić information content (AvgIpc) is 2.23. The van der Waals surface area contributed by atoms with Crippen LogP contribution in [-0.2, 0) is 4.74 Å². The Morgan fingerprint density at radius 2 is 1.76 bits per heavy atom. The number of hydrogen-bond donors (Lipinski definition) is 1. The predicted octanol–water partition coefficient (Wildman–Crippen LogP) is 4.14. The Morgan fingerprint density at radius 1 is 1.06 bits per heavy atom. The predicted molar refractivity (Wildman–Crippen MR) is 76.5 cm³/mol. The van der Waals surface area contributed by atoms with Gasteiger partial charge in [0.25, 0.3) is 0 Å². The van der Waals surface area contributed by atoms with Crippen LogP contribution in [0.4, 0.5) is 0 Å². The molecule has 1 unspecified atom stereocenters. The summed E-state index contributed by atoms with van der Waals surface area (Å²) in [7, 11) is 0. The number of hydrogen-bond acceptors (Lipinski definition) is 2. The van der Waals surface area contributed by atoms with Crippen LogP contribution < -0.4 is 5.32 Å². The molecule has 17 heavy (non-hydrogen) atoms. The first-order valence-corrected chi connectivity index (χ1v) is 7.32. The van der Waals surface area contributed by atoms with E-state index in [9.17, 15) is 0 Å². The van der Waals surface area contributed by atoms with Gasteiger partial charge in [0.2, 0.25) is 0 Å². The minimum absolute atomic E-state index is 0.240. The summed E-state index contributed by atoms with van der Waals surface area (Å²) in [6, 6.07) is 0. The molecule has 0 heterocycles. The van der Waals surface area contributed by atoms with Crippen molar-refractivity contribution in [3.05, 3.63) is 0 Å². The van der Waals surface area contributed by atoms with Crippen molar-refractivity contribution in [3.63, 3.8) is 0 Å². The molecule has 0 aromatic carbocycles. The van der Waals surface area contributed by atoms with Crippen LogP contribution in [0.2, 0.25) is 0 Å². The molecule has 0 aliphatic carbocycles. The fourth-order valence-electron chi connectivity index (χ4n) is 1.75. The quantitative estimate of drug-likeness (QED) is 0.582. The van der Waals surface area contributed by atoms with Gasteiger partial charge in [-0.1, -0.05) is 26.2 Å². The highest BCUT2D eigenvalue weighted by Gasteiger charge is 2.08. The van der Waals surface area contributed by atoms with Gasteiger partial charge in [-0.05, 0) is 53.5 Å². The third-order valence-corrected chi connectivity index (χ3v) is 2.84. The van der Waals surface area contributed by atoms with Crippen molar-refractivity contribution in [2.24, 2.45) is 0 Å². The first-order chi connectivity index (χ1) is 7.95. The molecule has 0 aromatic rings. The molecule has 0 fully saturated rings. The molecule has 0 aromatic heterocycles. The lowest BCUT2D eigenvalue weighted by Gasteiger charge is -2.21. The van der Waals surface area contributed by atoms with Gasteiger partial charge in [0.1, 0.15) is 0 Å². The minimum Gasteiger partial charge on any atom is -0.379 e. The lowest BCUT2D eigenvalue weighted by molar-refractivity contribution is 0.0559. The highest BCUT2D eigenvalue weighted by atomic mass is 16.5. The smallest absolute Gasteiger partial charge is 0.0547 e. The first kappa shape index (κ1) is 16.9. The van der Waals surface area contributed by atoms with Gasteiger partial charge < -0.3 is 10.1 Å². The van der Waals surface area contributed by atoms with E-state index in [4.69, 9.17) is 4.74 Å². The zero-order chi connectivity index (χ0) is 13.1. The van der Waals surface area contributed by atoms with Crippen molar-refractivity contribution in [1.29, 1.82) is 0 Å². The minimum atomic E-state index is 0.240. The molecule has 1 N–H and O–H groups in total. The maximum absolute atomic E-state index is 5.79. The molecule has 2 nitrogen and oxygen atoms in total. The van der Waals surface area contributed by atoms with E-state index >= 15 is 0 Å². The van der Waals surface area contributed by atoms with E-state index in [2.05, 4.69) is 39.9 Å². The second kappa shape index (κ2) is 9.90. The summed E-state index contributed by atoms with van der Waals surface area (Å²) in [6.07, 6.45) is 7.96. The monoisotopic (exact) mass is 243 g/mol. The zero-order valence-electron chi connectivity index (χ0n) is 12.6. The van der Waals surface area contributed by atoms with Gasteiger partial charge in [0.05, 0.1) is 6.10 Å². The normalized spacial score (nSPS) is 13.9. The van der Waals surface area contributed by atoms with Crippen molar-refractivity contribution in [1.82, 2.24) is 5.32 Å².